The summed E-state index contributed by atoms with van der Waals surface area (Å²) < 4.78 is 30.7. The van der Waals surface area contributed by atoms with Crippen LogP contribution < -0.4 is 4.72 Å². The number of nitrogens with one attached hydrogen (secondary N) is 1. The van der Waals surface area contributed by atoms with E-state index in [9.17, 15) is 13.2 Å². The number of rotatable bonds is 7. The number of hydrogen-bond acceptors (Lipinski definition) is 5. The summed E-state index contributed by atoms with van der Waals surface area (Å²) in [6.07, 6.45) is 1.94. The molecule has 1 aromatic rings. The molecule has 2 N–H and O–H groups in total. The molecule has 0 radical (unpaired) electrons. The van der Waals surface area contributed by atoms with Gasteiger partial charge >= 0.3 is 5.97 Å². The lowest BCUT2D eigenvalue weighted by atomic mass is 10.2. The number of carboxylic acid groups (broad SMARTS) is 1. The summed E-state index contributed by atoms with van der Waals surface area (Å²) in [5, 5.41) is 8.26. The van der Waals surface area contributed by atoms with Crippen molar-refractivity contribution < 1.29 is 22.7 Å². The third kappa shape index (κ3) is 4.04. The molecule has 0 saturated carbocycles. The van der Waals surface area contributed by atoms with Crippen molar-refractivity contribution in [3.05, 3.63) is 17.9 Å². The Morgan fingerprint density at radius 1 is 1.56 bits per heavy atom. The highest BCUT2D eigenvalue weighted by Crippen LogP contribution is 2.14. The van der Waals surface area contributed by atoms with E-state index < -0.39 is 21.8 Å². The zero-order chi connectivity index (χ0) is 13.8. The zero-order valence-electron chi connectivity index (χ0n) is 10.0. The molecule has 1 unspecified atom stereocenters. The van der Waals surface area contributed by atoms with Crippen molar-refractivity contribution in [3.8, 4) is 0 Å². The molecule has 6 nitrogen and oxygen atoms in total. The molecular formula is C10H15NO5S2. The Morgan fingerprint density at radius 2 is 2.22 bits per heavy atom. The molecule has 0 fully saturated rings. The van der Waals surface area contributed by atoms with Crippen LogP contribution in [-0.4, -0.2) is 38.0 Å². The van der Waals surface area contributed by atoms with Gasteiger partial charge in [-0.1, -0.05) is 6.92 Å². The Kier molecular flexibility index (Phi) is 5.24. The Hall–Kier alpha value is -0.990. The van der Waals surface area contributed by atoms with Gasteiger partial charge in [-0.3, -0.25) is 0 Å². The summed E-state index contributed by atoms with van der Waals surface area (Å²) in [5.74, 6) is -0.676. The van der Waals surface area contributed by atoms with Crippen LogP contribution in [0.2, 0.25) is 0 Å². The summed E-state index contributed by atoms with van der Waals surface area (Å²) in [5.41, 5.74) is 0. The summed E-state index contributed by atoms with van der Waals surface area (Å²) >= 11 is 1.63. The van der Waals surface area contributed by atoms with E-state index in [0.717, 1.165) is 17.9 Å². The van der Waals surface area contributed by atoms with Crippen molar-refractivity contribution in [1.82, 2.24) is 4.72 Å². The van der Waals surface area contributed by atoms with E-state index in [1.54, 1.807) is 11.8 Å². The second kappa shape index (κ2) is 6.26. The molecule has 0 aliphatic heterocycles. The van der Waals surface area contributed by atoms with E-state index in [1.165, 1.54) is 0 Å². The summed E-state index contributed by atoms with van der Waals surface area (Å²) in [7, 11) is -3.78. The third-order valence-electron chi connectivity index (χ3n) is 2.13. The van der Waals surface area contributed by atoms with Crippen LogP contribution >= 0.6 is 11.8 Å². The summed E-state index contributed by atoms with van der Waals surface area (Å²) in [4.78, 5) is 10.6. The number of furan rings is 1. The predicted molar refractivity (Wildman–Crippen MR) is 68.4 cm³/mol. The fourth-order valence-electron chi connectivity index (χ4n) is 1.25. The molecule has 0 bridgehead atoms. The van der Waals surface area contributed by atoms with Crippen LogP contribution in [-0.2, 0) is 10.0 Å². The molecule has 0 aromatic carbocycles. The fraction of sp³-hybridized carbons (Fsp3) is 0.500. The van der Waals surface area contributed by atoms with Gasteiger partial charge in [0.2, 0.25) is 10.9 Å². The molecular weight excluding hydrogens is 278 g/mol. The molecule has 0 spiro atoms. The molecule has 1 aromatic heterocycles. The molecule has 1 heterocycles. The van der Waals surface area contributed by atoms with Gasteiger partial charge in [-0.05, 0) is 30.1 Å². The molecule has 0 aliphatic carbocycles. The minimum atomic E-state index is -3.78. The first-order valence-corrected chi connectivity index (χ1v) is 8.06. The molecule has 102 valence electrons. The highest BCUT2D eigenvalue weighted by molar-refractivity contribution is 7.98. The average molecular weight is 293 g/mol. The van der Waals surface area contributed by atoms with Crippen molar-refractivity contribution in [2.24, 2.45) is 5.92 Å². The van der Waals surface area contributed by atoms with Gasteiger partial charge in [0.15, 0.2) is 0 Å². The number of hydrogen-bond donors (Lipinski definition) is 2. The highest BCUT2D eigenvalue weighted by Gasteiger charge is 2.21. The van der Waals surface area contributed by atoms with Crippen molar-refractivity contribution in [2.45, 2.75) is 12.0 Å². The highest BCUT2D eigenvalue weighted by atomic mass is 32.2. The van der Waals surface area contributed by atoms with Crippen molar-refractivity contribution >= 4 is 27.8 Å². The fourth-order valence-corrected chi connectivity index (χ4v) is 3.03. The molecule has 0 amide bonds. The number of aromatic carboxylic acids is 1. The second-order valence-electron chi connectivity index (χ2n) is 3.84. The van der Waals surface area contributed by atoms with Crippen LogP contribution in [0.3, 0.4) is 0 Å². The normalized spacial score (nSPS) is 13.4. The molecule has 18 heavy (non-hydrogen) atoms. The van der Waals surface area contributed by atoms with E-state index in [4.69, 9.17) is 9.52 Å². The summed E-state index contributed by atoms with van der Waals surface area (Å²) in [6, 6.07) is 2.24. The topological polar surface area (TPSA) is 96.6 Å². The van der Waals surface area contributed by atoms with Crippen LogP contribution in [0.1, 0.15) is 17.5 Å². The minimum Gasteiger partial charge on any atom is -0.475 e. The Bertz CT molecular complexity index is 508. The molecule has 0 aliphatic rings. The Morgan fingerprint density at radius 3 is 2.72 bits per heavy atom. The Balaban J connectivity index is 2.71. The maximum atomic E-state index is 11.8. The van der Waals surface area contributed by atoms with Crippen molar-refractivity contribution in [2.75, 3.05) is 18.6 Å². The first kappa shape index (κ1) is 15.1. The Labute approximate surface area is 110 Å². The lowest BCUT2D eigenvalue weighted by Gasteiger charge is -2.10. The van der Waals surface area contributed by atoms with Crippen molar-refractivity contribution in [1.29, 1.82) is 0 Å². The number of thioether (sulfide) groups is 1. The van der Waals surface area contributed by atoms with Gasteiger partial charge in [0.25, 0.3) is 10.0 Å². The van der Waals surface area contributed by atoms with Gasteiger partial charge in [0.1, 0.15) is 0 Å². The lowest BCUT2D eigenvalue weighted by Crippen LogP contribution is -2.29. The van der Waals surface area contributed by atoms with E-state index >= 15 is 0 Å². The second-order valence-corrected chi connectivity index (χ2v) is 6.44. The maximum absolute atomic E-state index is 11.8. The van der Waals surface area contributed by atoms with E-state index in [1.807, 2.05) is 13.2 Å². The number of sulfonamides is 1. The molecule has 0 saturated heterocycles. The molecule has 1 atom stereocenters. The minimum absolute atomic E-state index is 0.184. The van der Waals surface area contributed by atoms with Gasteiger partial charge < -0.3 is 9.52 Å². The SMILES string of the molecule is CSCC(C)CNS(=O)(=O)c1ccc(C(=O)O)o1. The summed E-state index contributed by atoms with van der Waals surface area (Å²) in [6.45, 7) is 2.20. The monoisotopic (exact) mass is 293 g/mol. The first-order chi connectivity index (χ1) is 8.36. The maximum Gasteiger partial charge on any atom is 0.371 e. The van der Waals surface area contributed by atoms with Crippen molar-refractivity contribution in [3.63, 3.8) is 0 Å². The lowest BCUT2D eigenvalue weighted by molar-refractivity contribution is 0.0656. The van der Waals surface area contributed by atoms with Crippen LogP contribution in [0.4, 0.5) is 0 Å². The van der Waals surface area contributed by atoms with Crippen LogP contribution in [0.25, 0.3) is 0 Å². The third-order valence-corrected chi connectivity index (χ3v) is 4.33. The van der Waals surface area contributed by atoms with Gasteiger partial charge in [-0.15, -0.1) is 0 Å². The van der Waals surface area contributed by atoms with Crippen LogP contribution in [0, 0.1) is 5.92 Å². The van der Waals surface area contributed by atoms with Gasteiger partial charge in [0.05, 0.1) is 0 Å². The van der Waals surface area contributed by atoms with E-state index in [2.05, 4.69) is 4.72 Å². The molecule has 8 heteroatoms. The number of carbonyl (C=O) groups is 1. The van der Waals surface area contributed by atoms with Crippen LogP contribution in [0.15, 0.2) is 21.6 Å². The quantitative estimate of drug-likeness (QED) is 0.785. The van der Waals surface area contributed by atoms with E-state index in [-0.39, 0.29) is 17.6 Å². The van der Waals surface area contributed by atoms with Gasteiger partial charge in [0, 0.05) is 6.54 Å². The first-order valence-electron chi connectivity index (χ1n) is 5.18. The number of carboxylic acids is 1. The van der Waals surface area contributed by atoms with Gasteiger partial charge in [-0.2, -0.15) is 11.8 Å². The average Bonchev–Trinajstić information content (AvgIpc) is 2.77. The predicted octanol–water partition coefficient (Wildman–Crippen LogP) is 1.26. The zero-order valence-corrected chi connectivity index (χ0v) is 11.7. The van der Waals surface area contributed by atoms with E-state index in [0.29, 0.717) is 0 Å². The molecule has 1 rings (SSSR count). The van der Waals surface area contributed by atoms with Gasteiger partial charge in [-0.25, -0.2) is 17.9 Å². The standard InChI is InChI=1S/C10H15NO5S2/c1-7(6-17-2)5-11-18(14,15)9-4-3-8(16-9)10(12)13/h3-4,7,11H,5-6H2,1-2H3,(H,12,13). The smallest absolute Gasteiger partial charge is 0.371 e. The van der Waals surface area contributed by atoms with Crippen LogP contribution in [0.5, 0.6) is 0 Å². The largest absolute Gasteiger partial charge is 0.475 e.